The van der Waals surface area contributed by atoms with Crippen LogP contribution in [0.2, 0.25) is 0 Å². The molecule has 0 fully saturated rings. The maximum absolute atomic E-state index is 13.5. The van der Waals surface area contributed by atoms with E-state index in [1.54, 1.807) is 11.3 Å². The second-order valence-corrected chi connectivity index (χ2v) is 8.93. The van der Waals surface area contributed by atoms with Crippen molar-refractivity contribution < 1.29 is 9.69 Å². The Hall–Kier alpha value is -2.24. The number of para-hydroxylation sites is 1. The molecule has 1 aliphatic rings. The number of amides is 1. The number of nitrogens with one attached hydrogen (secondary N) is 1. The molecule has 0 unspecified atom stereocenters. The van der Waals surface area contributed by atoms with E-state index in [2.05, 4.69) is 32.3 Å². The van der Waals surface area contributed by atoms with Crippen molar-refractivity contribution in [1.29, 1.82) is 0 Å². The minimum Gasteiger partial charge on any atom is -0.340 e. The highest BCUT2D eigenvalue weighted by atomic mass is 32.1. The summed E-state index contributed by atoms with van der Waals surface area (Å²) in [6.45, 7) is 1.72. The van der Waals surface area contributed by atoms with Crippen LogP contribution >= 0.6 is 11.3 Å². The third-order valence-electron chi connectivity index (χ3n) is 5.41. The number of thiazole rings is 1. The number of quaternary nitrogens is 1. The summed E-state index contributed by atoms with van der Waals surface area (Å²) in [6.07, 6.45) is 5.65. The summed E-state index contributed by atoms with van der Waals surface area (Å²) in [4.78, 5) is 21.5. The van der Waals surface area contributed by atoms with E-state index in [0.717, 1.165) is 46.7 Å². The lowest BCUT2D eigenvalue weighted by atomic mass is 9.90. The fraction of sp³-hybridized carbons (Fsp3) is 0.391. The number of hydrogen-bond donors (Lipinski definition) is 1. The van der Waals surface area contributed by atoms with Crippen LogP contribution < -0.4 is 9.80 Å². The summed E-state index contributed by atoms with van der Waals surface area (Å²) in [5.41, 5.74) is 4.51. The van der Waals surface area contributed by atoms with Crippen LogP contribution in [0, 0.1) is 0 Å². The SMILES string of the molecule is C[NH+](C)CCCN(C(=O)c1ccc2c(c1)CCCC2)c1nc2ccccc2s1. The van der Waals surface area contributed by atoms with E-state index < -0.39 is 0 Å². The largest absolute Gasteiger partial charge is 0.340 e. The Morgan fingerprint density at radius 1 is 1.11 bits per heavy atom. The molecule has 2 aromatic carbocycles. The molecule has 3 aromatic rings. The Morgan fingerprint density at radius 2 is 1.89 bits per heavy atom. The molecule has 1 aromatic heterocycles. The summed E-state index contributed by atoms with van der Waals surface area (Å²) in [6, 6.07) is 14.4. The normalized spacial score (nSPS) is 13.7. The van der Waals surface area contributed by atoms with Gasteiger partial charge in [0, 0.05) is 18.5 Å². The molecule has 0 saturated carbocycles. The summed E-state index contributed by atoms with van der Waals surface area (Å²) in [5, 5.41) is 0.803. The van der Waals surface area contributed by atoms with Gasteiger partial charge in [0.2, 0.25) is 0 Å². The van der Waals surface area contributed by atoms with Crippen molar-refractivity contribution in [2.75, 3.05) is 32.1 Å². The second-order valence-electron chi connectivity index (χ2n) is 7.92. The molecule has 4 rings (SSSR count). The molecule has 0 saturated heterocycles. The number of carbonyl (C=O) groups is 1. The molecule has 1 heterocycles. The van der Waals surface area contributed by atoms with Gasteiger partial charge in [-0.3, -0.25) is 9.69 Å². The number of nitrogens with zero attached hydrogens (tertiary/aromatic N) is 2. The number of rotatable bonds is 6. The van der Waals surface area contributed by atoms with Gasteiger partial charge in [-0.15, -0.1) is 0 Å². The highest BCUT2D eigenvalue weighted by Gasteiger charge is 2.22. The van der Waals surface area contributed by atoms with Gasteiger partial charge in [0.15, 0.2) is 5.13 Å². The summed E-state index contributed by atoms with van der Waals surface area (Å²) < 4.78 is 1.12. The molecule has 0 atom stereocenters. The van der Waals surface area contributed by atoms with E-state index in [1.807, 2.05) is 29.2 Å². The number of aromatic nitrogens is 1. The number of fused-ring (bicyclic) bond motifs is 2. The van der Waals surface area contributed by atoms with Crippen LogP contribution in [0.4, 0.5) is 5.13 Å². The molecule has 1 amide bonds. The first-order chi connectivity index (χ1) is 13.6. The van der Waals surface area contributed by atoms with Crippen molar-refractivity contribution in [2.24, 2.45) is 0 Å². The molecule has 28 heavy (non-hydrogen) atoms. The van der Waals surface area contributed by atoms with E-state index in [1.165, 1.54) is 28.9 Å². The maximum Gasteiger partial charge on any atom is 0.260 e. The molecule has 0 bridgehead atoms. The number of aryl methyl sites for hydroxylation is 2. The molecular formula is C23H28N3OS+. The minimum atomic E-state index is 0.0705. The van der Waals surface area contributed by atoms with Crippen LogP contribution in [-0.4, -0.2) is 38.1 Å². The molecule has 1 aliphatic carbocycles. The van der Waals surface area contributed by atoms with Crippen molar-refractivity contribution in [1.82, 2.24) is 4.98 Å². The fourth-order valence-electron chi connectivity index (χ4n) is 3.87. The lowest BCUT2D eigenvalue weighted by molar-refractivity contribution is -0.858. The summed E-state index contributed by atoms with van der Waals surface area (Å²) >= 11 is 1.60. The van der Waals surface area contributed by atoms with Gasteiger partial charge in [-0.25, -0.2) is 4.98 Å². The first-order valence-electron chi connectivity index (χ1n) is 10.2. The second kappa shape index (κ2) is 8.41. The van der Waals surface area contributed by atoms with Gasteiger partial charge in [-0.05, 0) is 61.1 Å². The monoisotopic (exact) mass is 394 g/mol. The number of anilines is 1. The zero-order valence-electron chi connectivity index (χ0n) is 16.7. The van der Waals surface area contributed by atoms with Crippen LogP contribution in [0.1, 0.15) is 40.7 Å². The highest BCUT2D eigenvalue weighted by Crippen LogP contribution is 2.30. The molecule has 5 heteroatoms. The summed E-state index contributed by atoms with van der Waals surface area (Å²) in [7, 11) is 4.29. The van der Waals surface area contributed by atoms with Gasteiger partial charge in [-0.1, -0.05) is 29.5 Å². The topological polar surface area (TPSA) is 37.6 Å². The Labute approximate surface area is 170 Å². The fourth-order valence-corrected chi connectivity index (χ4v) is 4.86. The Balaban J connectivity index is 1.64. The van der Waals surface area contributed by atoms with Gasteiger partial charge < -0.3 is 4.90 Å². The third kappa shape index (κ3) is 4.10. The quantitative estimate of drug-likeness (QED) is 0.696. The number of benzene rings is 2. The van der Waals surface area contributed by atoms with E-state index in [-0.39, 0.29) is 5.91 Å². The van der Waals surface area contributed by atoms with Crippen molar-refractivity contribution in [3.05, 3.63) is 59.2 Å². The molecule has 146 valence electrons. The first kappa shape index (κ1) is 19.1. The highest BCUT2D eigenvalue weighted by molar-refractivity contribution is 7.22. The molecule has 1 N–H and O–H groups in total. The lowest BCUT2D eigenvalue weighted by Gasteiger charge is -2.22. The third-order valence-corrected chi connectivity index (χ3v) is 6.47. The van der Waals surface area contributed by atoms with Crippen molar-refractivity contribution >= 4 is 32.6 Å². The molecule has 4 nitrogen and oxygen atoms in total. The standard InChI is InChI=1S/C23H27N3OS/c1-25(2)14-7-15-26(23-24-20-10-5-6-11-21(20)28-23)22(27)19-13-12-17-8-3-4-9-18(17)16-19/h5-6,10-13,16H,3-4,7-9,14-15H2,1-2H3/p+1. The van der Waals surface area contributed by atoms with Gasteiger partial charge in [-0.2, -0.15) is 0 Å². The van der Waals surface area contributed by atoms with Crippen LogP contribution in [0.25, 0.3) is 10.2 Å². The van der Waals surface area contributed by atoms with Crippen molar-refractivity contribution in [3.8, 4) is 0 Å². The van der Waals surface area contributed by atoms with Crippen LogP contribution in [-0.2, 0) is 12.8 Å². The van der Waals surface area contributed by atoms with E-state index in [0.29, 0.717) is 6.54 Å². The van der Waals surface area contributed by atoms with Gasteiger partial charge in [0.25, 0.3) is 5.91 Å². The number of hydrogen-bond acceptors (Lipinski definition) is 3. The number of carbonyl (C=O) groups excluding carboxylic acids is 1. The Kier molecular flexibility index (Phi) is 5.74. The van der Waals surface area contributed by atoms with E-state index >= 15 is 0 Å². The van der Waals surface area contributed by atoms with E-state index in [4.69, 9.17) is 4.98 Å². The predicted octanol–water partition coefficient (Wildman–Crippen LogP) is 3.36. The van der Waals surface area contributed by atoms with Crippen LogP contribution in [0.5, 0.6) is 0 Å². The van der Waals surface area contributed by atoms with Gasteiger partial charge in [0.1, 0.15) is 0 Å². The molecular weight excluding hydrogens is 366 g/mol. The minimum absolute atomic E-state index is 0.0705. The lowest BCUT2D eigenvalue weighted by Crippen LogP contribution is -3.05. The van der Waals surface area contributed by atoms with Gasteiger partial charge in [0.05, 0.1) is 30.9 Å². The van der Waals surface area contributed by atoms with Crippen molar-refractivity contribution in [3.63, 3.8) is 0 Å². The predicted molar refractivity (Wildman–Crippen MR) is 117 cm³/mol. The van der Waals surface area contributed by atoms with E-state index in [9.17, 15) is 4.79 Å². The Bertz CT molecular complexity index is 946. The zero-order chi connectivity index (χ0) is 19.5. The smallest absolute Gasteiger partial charge is 0.260 e. The average molecular weight is 395 g/mol. The average Bonchev–Trinajstić information content (AvgIpc) is 3.14. The molecule has 0 spiro atoms. The maximum atomic E-state index is 13.5. The zero-order valence-corrected chi connectivity index (χ0v) is 17.5. The molecule has 0 aliphatic heterocycles. The molecule has 0 radical (unpaired) electrons. The van der Waals surface area contributed by atoms with Gasteiger partial charge >= 0.3 is 0 Å². The summed E-state index contributed by atoms with van der Waals surface area (Å²) in [5.74, 6) is 0.0705. The first-order valence-corrected chi connectivity index (χ1v) is 11.0. The van der Waals surface area contributed by atoms with Crippen LogP contribution in [0.15, 0.2) is 42.5 Å². The van der Waals surface area contributed by atoms with Crippen molar-refractivity contribution in [2.45, 2.75) is 32.1 Å². The van der Waals surface area contributed by atoms with Crippen LogP contribution in [0.3, 0.4) is 0 Å². The Morgan fingerprint density at radius 3 is 2.68 bits per heavy atom.